The molecule has 1 heterocycles. The summed E-state index contributed by atoms with van der Waals surface area (Å²) in [5.74, 6) is 1.02. The highest BCUT2D eigenvalue weighted by atomic mass is 32.1. The quantitative estimate of drug-likeness (QED) is 0.733. The van der Waals surface area contributed by atoms with E-state index in [1.54, 1.807) is 18.4 Å². The summed E-state index contributed by atoms with van der Waals surface area (Å²) in [5.41, 5.74) is 2.03. The van der Waals surface area contributed by atoms with Crippen molar-refractivity contribution in [3.05, 3.63) is 35.3 Å². The van der Waals surface area contributed by atoms with Gasteiger partial charge in [0.05, 0.1) is 12.8 Å². The highest BCUT2D eigenvalue weighted by Gasteiger charge is 2.11. The van der Waals surface area contributed by atoms with Gasteiger partial charge in [-0.2, -0.15) is 0 Å². The van der Waals surface area contributed by atoms with Gasteiger partial charge in [0.2, 0.25) is 5.91 Å². The first-order chi connectivity index (χ1) is 11.1. The van der Waals surface area contributed by atoms with E-state index in [0.717, 1.165) is 41.4 Å². The number of carbonyl (C=O) groups is 1. The third-order valence-corrected chi connectivity index (χ3v) is 4.68. The molecule has 0 atom stereocenters. The minimum atomic E-state index is 0.189. The Balaban J connectivity index is 1.93. The van der Waals surface area contributed by atoms with Gasteiger partial charge in [-0.25, -0.2) is 4.98 Å². The van der Waals surface area contributed by atoms with Crippen molar-refractivity contribution in [2.75, 3.05) is 20.7 Å². The number of rotatable bonds is 8. The average molecular weight is 332 g/mol. The van der Waals surface area contributed by atoms with Crippen LogP contribution in [-0.2, 0) is 11.2 Å². The Bertz CT molecular complexity index is 639. The van der Waals surface area contributed by atoms with Crippen LogP contribution in [0.2, 0.25) is 0 Å². The van der Waals surface area contributed by atoms with Crippen LogP contribution in [0.25, 0.3) is 10.6 Å². The number of nitrogens with zero attached hydrogens (tertiary/aromatic N) is 2. The van der Waals surface area contributed by atoms with Crippen molar-refractivity contribution in [3.8, 4) is 16.3 Å². The lowest BCUT2D eigenvalue weighted by atomic mass is 10.2. The van der Waals surface area contributed by atoms with Crippen LogP contribution in [0.5, 0.6) is 5.75 Å². The van der Waals surface area contributed by atoms with Gasteiger partial charge in [-0.3, -0.25) is 4.79 Å². The van der Waals surface area contributed by atoms with E-state index in [9.17, 15) is 4.79 Å². The summed E-state index contributed by atoms with van der Waals surface area (Å²) in [7, 11) is 3.54. The number of carbonyl (C=O) groups excluding carboxylic acids is 1. The Morgan fingerprint density at radius 2 is 2.22 bits per heavy atom. The largest absolute Gasteiger partial charge is 0.497 e. The molecule has 0 radical (unpaired) electrons. The Hall–Kier alpha value is -1.88. The third-order valence-electron chi connectivity index (χ3n) is 3.74. The first-order valence-corrected chi connectivity index (χ1v) is 8.84. The lowest BCUT2D eigenvalue weighted by Crippen LogP contribution is -2.27. The molecular weight excluding hydrogens is 308 g/mol. The maximum absolute atomic E-state index is 12.1. The molecule has 1 aromatic carbocycles. The summed E-state index contributed by atoms with van der Waals surface area (Å²) >= 11 is 1.60. The molecule has 2 rings (SSSR count). The van der Waals surface area contributed by atoms with E-state index in [-0.39, 0.29) is 5.91 Å². The fourth-order valence-electron chi connectivity index (χ4n) is 2.26. The minimum absolute atomic E-state index is 0.189. The predicted molar refractivity (Wildman–Crippen MR) is 95.0 cm³/mol. The molecule has 0 N–H and O–H groups in total. The number of aromatic nitrogens is 1. The van der Waals surface area contributed by atoms with Gasteiger partial charge < -0.3 is 9.64 Å². The first kappa shape index (κ1) is 17.5. The number of aryl methyl sites for hydroxylation is 1. The number of benzene rings is 1. The van der Waals surface area contributed by atoms with Crippen molar-refractivity contribution in [2.45, 2.75) is 32.6 Å². The van der Waals surface area contributed by atoms with Gasteiger partial charge in [0.1, 0.15) is 10.8 Å². The van der Waals surface area contributed by atoms with Crippen LogP contribution in [0.3, 0.4) is 0 Å². The summed E-state index contributed by atoms with van der Waals surface area (Å²) in [6.45, 7) is 2.97. The Labute approximate surface area is 142 Å². The molecule has 1 amide bonds. The molecule has 0 unspecified atom stereocenters. The summed E-state index contributed by atoms with van der Waals surface area (Å²) in [6.07, 6.45) is 3.36. The van der Waals surface area contributed by atoms with E-state index in [1.165, 1.54) is 0 Å². The molecule has 0 aliphatic heterocycles. The van der Waals surface area contributed by atoms with Gasteiger partial charge >= 0.3 is 0 Å². The van der Waals surface area contributed by atoms with E-state index >= 15 is 0 Å². The summed E-state index contributed by atoms with van der Waals surface area (Å²) in [5, 5.41) is 3.00. The number of hydrogen-bond acceptors (Lipinski definition) is 4. The van der Waals surface area contributed by atoms with Gasteiger partial charge in [-0.05, 0) is 25.0 Å². The molecule has 2 aromatic rings. The number of hydrogen-bond donors (Lipinski definition) is 0. The zero-order valence-corrected chi connectivity index (χ0v) is 14.9. The molecule has 0 aliphatic rings. The number of methoxy groups -OCH3 is 1. The summed E-state index contributed by atoms with van der Waals surface area (Å²) in [6, 6.07) is 7.88. The normalized spacial score (nSPS) is 10.6. The highest BCUT2D eigenvalue weighted by molar-refractivity contribution is 7.13. The maximum Gasteiger partial charge on any atom is 0.222 e. The van der Waals surface area contributed by atoms with Crippen molar-refractivity contribution >= 4 is 17.2 Å². The van der Waals surface area contributed by atoms with E-state index in [2.05, 4.69) is 11.9 Å². The van der Waals surface area contributed by atoms with E-state index < -0.39 is 0 Å². The van der Waals surface area contributed by atoms with Crippen LogP contribution in [0, 0.1) is 0 Å². The second-order valence-corrected chi connectivity index (χ2v) is 6.40. The number of amides is 1. The van der Waals surface area contributed by atoms with Crippen molar-refractivity contribution in [2.24, 2.45) is 0 Å². The zero-order valence-electron chi connectivity index (χ0n) is 14.0. The molecule has 0 saturated heterocycles. The molecule has 5 heteroatoms. The summed E-state index contributed by atoms with van der Waals surface area (Å²) in [4.78, 5) is 18.5. The van der Waals surface area contributed by atoms with Crippen molar-refractivity contribution < 1.29 is 9.53 Å². The topological polar surface area (TPSA) is 42.4 Å². The summed E-state index contributed by atoms with van der Waals surface area (Å²) < 4.78 is 5.25. The minimum Gasteiger partial charge on any atom is -0.497 e. The second kappa shape index (κ2) is 8.67. The van der Waals surface area contributed by atoms with Crippen molar-refractivity contribution in [3.63, 3.8) is 0 Å². The Morgan fingerprint density at radius 1 is 1.39 bits per heavy atom. The van der Waals surface area contributed by atoms with Crippen LogP contribution >= 0.6 is 11.3 Å². The van der Waals surface area contributed by atoms with E-state index in [0.29, 0.717) is 12.8 Å². The molecule has 0 saturated carbocycles. The Morgan fingerprint density at radius 3 is 2.96 bits per heavy atom. The molecule has 0 fully saturated rings. The molecule has 0 bridgehead atoms. The van der Waals surface area contributed by atoms with Crippen molar-refractivity contribution in [1.29, 1.82) is 0 Å². The standard InChI is InChI=1S/C18H24N2O2S/c1-4-5-11-20(2)17(21)10-9-15-13-23-18(19-15)14-7-6-8-16(12-14)22-3/h6-8,12-13H,4-5,9-11H2,1-3H3. The predicted octanol–water partition coefficient (Wildman–Crippen LogP) is 4.01. The smallest absolute Gasteiger partial charge is 0.222 e. The molecule has 124 valence electrons. The molecule has 0 aliphatic carbocycles. The van der Waals surface area contributed by atoms with Gasteiger partial charge in [-0.1, -0.05) is 25.5 Å². The number of thiazole rings is 1. The van der Waals surface area contributed by atoms with E-state index in [4.69, 9.17) is 4.74 Å². The average Bonchev–Trinajstić information content (AvgIpc) is 3.06. The zero-order chi connectivity index (χ0) is 16.7. The molecule has 1 aromatic heterocycles. The van der Waals surface area contributed by atoms with Gasteiger partial charge in [0.15, 0.2) is 0 Å². The molecule has 0 spiro atoms. The van der Waals surface area contributed by atoms with Gasteiger partial charge in [-0.15, -0.1) is 11.3 Å². The van der Waals surface area contributed by atoms with Crippen LogP contribution in [0.15, 0.2) is 29.6 Å². The second-order valence-electron chi connectivity index (χ2n) is 5.54. The Kier molecular flexibility index (Phi) is 6.59. The van der Waals surface area contributed by atoms with Crippen LogP contribution < -0.4 is 4.74 Å². The molecular formula is C18H24N2O2S. The number of ether oxygens (including phenoxy) is 1. The van der Waals surface area contributed by atoms with E-state index in [1.807, 2.05) is 41.6 Å². The maximum atomic E-state index is 12.1. The first-order valence-electron chi connectivity index (χ1n) is 7.96. The van der Waals surface area contributed by atoms with Crippen LogP contribution in [0.4, 0.5) is 0 Å². The monoisotopic (exact) mass is 332 g/mol. The lowest BCUT2D eigenvalue weighted by molar-refractivity contribution is -0.129. The fourth-order valence-corrected chi connectivity index (χ4v) is 3.11. The molecule has 4 nitrogen and oxygen atoms in total. The van der Waals surface area contributed by atoms with Crippen LogP contribution in [-0.4, -0.2) is 36.5 Å². The van der Waals surface area contributed by atoms with Crippen LogP contribution in [0.1, 0.15) is 31.9 Å². The SMILES string of the molecule is CCCCN(C)C(=O)CCc1csc(-c2cccc(OC)c2)n1. The van der Waals surface area contributed by atoms with Gasteiger partial charge in [0, 0.05) is 31.0 Å². The third kappa shape index (κ3) is 5.06. The molecule has 23 heavy (non-hydrogen) atoms. The lowest BCUT2D eigenvalue weighted by Gasteiger charge is -2.16. The highest BCUT2D eigenvalue weighted by Crippen LogP contribution is 2.27. The number of unbranched alkanes of at least 4 members (excludes halogenated alkanes) is 1. The fraction of sp³-hybridized carbons (Fsp3) is 0.444. The van der Waals surface area contributed by atoms with Crippen molar-refractivity contribution in [1.82, 2.24) is 9.88 Å². The van der Waals surface area contributed by atoms with Gasteiger partial charge in [0.25, 0.3) is 0 Å².